The zero-order valence-electron chi connectivity index (χ0n) is 18.0. The van der Waals surface area contributed by atoms with Gasteiger partial charge >= 0.3 is 0 Å². The van der Waals surface area contributed by atoms with Crippen LogP contribution >= 0.6 is 0 Å². The predicted octanol–water partition coefficient (Wildman–Crippen LogP) is 4.91. The van der Waals surface area contributed by atoms with Crippen molar-refractivity contribution in [2.75, 3.05) is 13.7 Å². The van der Waals surface area contributed by atoms with Crippen LogP contribution in [0.15, 0.2) is 12.7 Å². The fourth-order valence-corrected chi connectivity index (χ4v) is 8.34. The zero-order valence-corrected chi connectivity index (χ0v) is 18.0. The summed E-state index contributed by atoms with van der Waals surface area (Å²) in [5, 5.41) is 0. The number of nitrogens with zero attached hydrogens (tertiary/aromatic N) is 1. The van der Waals surface area contributed by atoms with Crippen LogP contribution in [0.1, 0.15) is 66.2 Å². The highest BCUT2D eigenvalue weighted by atomic mass is 16.5. The van der Waals surface area contributed by atoms with E-state index >= 15 is 0 Å². The molecule has 0 spiro atoms. The van der Waals surface area contributed by atoms with Crippen LogP contribution in [0.5, 0.6) is 0 Å². The van der Waals surface area contributed by atoms with E-state index in [4.69, 9.17) is 4.74 Å². The first-order chi connectivity index (χ1) is 12.7. The maximum Gasteiger partial charge on any atom is 0.222 e. The van der Waals surface area contributed by atoms with Gasteiger partial charge in [-0.3, -0.25) is 4.79 Å². The van der Waals surface area contributed by atoms with Crippen LogP contribution in [0.2, 0.25) is 0 Å². The fourth-order valence-electron chi connectivity index (χ4n) is 8.34. The number of fused-ring (bicyclic) bond motifs is 5. The molecule has 0 aromatic rings. The number of likely N-dealkylation sites (tertiary alicyclic amines) is 1. The minimum atomic E-state index is 0.293. The van der Waals surface area contributed by atoms with E-state index < -0.39 is 0 Å². The molecule has 1 heterocycles. The quantitative estimate of drug-likeness (QED) is 0.658. The number of carbonyl (C=O) groups excluding carboxylic acids is 1. The number of amides is 1. The Balaban J connectivity index is 1.67. The highest BCUT2D eigenvalue weighted by molar-refractivity contribution is 5.77. The van der Waals surface area contributed by atoms with E-state index in [2.05, 4.69) is 46.2 Å². The molecular weight excluding hydrogens is 334 g/mol. The Morgan fingerprint density at radius 3 is 2.63 bits per heavy atom. The normalized spacial score (nSPS) is 52.1. The molecule has 3 aliphatic carbocycles. The molecule has 9 unspecified atom stereocenters. The van der Waals surface area contributed by atoms with Crippen molar-refractivity contribution in [3.8, 4) is 0 Å². The molecule has 0 aromatic heterocycles. The molecule has 152 valence electrons. The number of ether oxygens (including phenoxy) is 1. The van der Waals surface area contributed by atoms with Crippen LogP contribution in [0.3, 0.4) is 0 Å². The third-order valence-corrected chi connectivity index (χ3v) is 9.58. The monoisotopic (exact) mass is 373 g/mol. The van der Waals surface area contributed by atoms with Gasteiger partial charge < -0.3 is 9.64 Å². The van der Waals surface area contributed by atoms with Gasteiger partial charge in [0.2, 0.25) is 5.91 Å². The van der Waals surface area contributed by atoms with E-state index in [0.29, 0.717) is 41.4 Å². The molecule has 0 radical (unpaired) electrons. The van der Waals surface area contributed by atoms with Gasteiger partial charge in [-0.15, -0.1) is 6.58 Å². The molecule has 9 atom stereocenters. The number of hydrogen-bond acceptors (Lipinski definition) is 2. The Morgan fingerprint density at radius 1 is 1.19 bits per heavy atom. The summed E-state index contributed by atoms with van der Waals surface area (Å²) in [5.41, 5.74) is 0.596. The molecule has 0 N–H and O–H groups in total. The molecule has 1 saturated heterocycles. The van der Waals surface area contributed by atoms with E-state index in [0.717, 1.165) is 36.5 Å². The maximum atomic E-state index is 12.4. The molecule has 4 rings (SSSR count). The van der Waals surface area contributed by atoms with Crippen LogP contribution < -0.4 is 0 Å². The van der Waals surface area contributed by atoms with Crippen molar-refractivity contribution in [1.82, 2.24) is 4.90 Å². The molecule has 1 amide bonds. The molecule has 4 aliphatic rings. The SMILES string of the molecule is C=CCOC1CC(C)C2C3C(C)CC4N(C)C(=O)CCC4(C)C3CCC12C. The highest BCUT2D eigenvalue weighted by Crippen LogP contribution is 2.67. The zero-order chi connectivity index (χ0) is 19.6. The lowest BCUT2D eigenvalue weighted by atomic mass is 9.44. The summed E-state index contributed by atoms with van der Waals surface area (Å²) >= 11 is 0. The first kappa shape index (κ1) is 19.5. The highest BCUT2D eigenvalue weighted by Gasteiger charge is 2.64. The maximum absolute atomic E-state index is 12.4. The summed E-state index contributed by atoms with van der Waals surface area (Å²) < 4.78 is 6.30. The molecule has 4 fully saturated rings. The van der Waals surface area contributed by atoms with Crippen molar-refractivity contribution in [2.24, 2.45) is 40.4 Å². The minimum absolute atomic E-state index is 0.293. The van der Waals surface area contributed by atoms with Crippen molar-refractivity contribution in [2.45, 2.75) is 78.4 Å². The molecule has 1 aliphatic heterocycles. The van der Waals surface area contributed by atoms with Crippen molar-refractivity contribution in [3.05, 3.63) is 12.7 Å². The minimum Gasteiger partial charge on any atom is -0.374 e. The van der Waals surface area contributed by atoms with Gasteiger partial charge in [-0.25, -0.2) is 0 Å². The summed E-state index contributed by atoms with van der Waals surface area (Å²) in [4.78, 5) is 14.5. The first-order valence-electron chi connectivity index (χ1n) is 11.2. The van der Waals surface area contributed by atoms with Gasteiger partial charge in [0.05, 0.1) is 12.7 Å². The standard InChI is InChI=1S/C24H39NO2/c1-7-12-27-19-14-16(3)22-21-15(2)13-18-23(4,11-9-20(26)25(18)6)17(21)8-10-24(19,22)5/h7,15-19,21-22H,1,8-14H2,2-6H3. The smallest absolute Gasteiger partial charge is 0.222 e. The lowest BCUT2D eigenvalue weighted by molar-refractivity contribution is -0.173. The molecule has 0 aromatic carbocycles. The molecule has 3 saturated carbocycles. The van der Waals surface area contributed by atoms with Crippen molar-refractivity contribution >= 4 is 5.91 Å². The largest absolute Gasteiger partial charge is 0.374 e. The Hall–Kier alpha value is -0.830. The Kier molecular flexibility index (Phi) is 4.77. The summed E-state index contributed by atoms with van der Waals surface area (Å²) in [5.74, 6) is 4.05. The van der Waals surface area contributed by atoms with Gasteiger partial charge in [0.1, 0.15) is 0 Å². The van der Waals surface area contributed by atoms with Gasteiger partial charge in [0.25, 0.3) is 0 Å². The third-order valence-electron chi connectivity index (χ3n) is 9.58. The van der Waals surface area contributed by atoms with Gasteiger partial charge in [-0.1, -0.05) is 33.8 Å². The van der Waals surface area contributed by atoms with Crippen LogP contribution in [-0.2, 0) is 9.53 Å². The van der Waals surface area contributed by atoms with Crippen LogP contribution in [0, 0.1) is 40.4 Å². The number of rotatable bonds is 3. The molecule has 27 heavy (non-hydrogen) atoms. The number of carbonyl (C=O) groups is 1. The summed E-state index contributed by atoms with van der Waals surface area (Å²) in [7, 11) is 2.06. The van der Waals surface area contributed by atoms with Crippen molar-refractivity contribution in [3.63, 3.8) is 0 Å². The number of hydrogen-bond donors (Lipinski definition) is 0. The second kappa shape index (κ2) is 6.61. The van der Waals surface area contributed by atoms with E-state index in [-0.39, 0.29) is 0 Å². The second-order valence-electron chi connectivity index (χ2n) is 10.8. The van der Waals surface area contributed by atoms with Crippen molar-refractivity contribution < 1.29 is 9.53 Å². The van der Waals surface area contributed by atoms with E-state index in [1.54, 1.807) is 0 Å². The van der Waals surface area contributed by atoms with E-state index in [1.807, 2.05) is 6.08 Å². The van der Waals surface area contributed by atoms with E-state index in [1.165, 1.54) is 25.7 Å². The first-order valence-corrected chi connectivity index (χ1v) is 11.2. The number of piperidine rings is 1. The molecule has 3 heteroatoms. The second-order valence-corrected chi connectivity index (χ2v) is 10.8. The average molecular weight is 374 g/mol. The van der Waals surface area contributed by atoms with Crippen LogP contribution in [-0.4, -0.2) is 36.6 Å². The molecular formula is C24H39NO2. The lowest BCUT2D eigenvalue weighted by Gasteiger charge is -2.64. The average Bonchev–Trinajstić information content (AvgIpc) is 2.89. The Bertz CT molecular complexity index is 618. The van der Waals surface area contributed by atoms with Crippen LogP contribution in [0.25, 0.3) is 0 Å². The summed E-state index contributed by atoms with van der Waals surface area (Å²) in [6.45, 7) is 14.5. The van der Waals surface area contributed by atoms with Gasteiger partial charge in [0.15, 0.2) is 0 Å². The summed E-state index contributed by atoms with van der Waals surface area (Å²) in [6, 6.07) is 0.434. The Labute approximate surface area is 165 Å². The predicted molar refractivity (Wildman–Crippen MR) is 109 cm³/mol. The molecule has 3 nitrogen and oxygen atoms in total. The van der Waals surface area contributed by atoms with Crippen molar-refractivity contribution in [1.29, 1.82) is 0 Å². The Morgan fingerprint density at radius 2 is 1.93 bits per heavy atom. The van der Waals surface area contributed by atoms with Gasteiger partial charge in [-0.05, 0) is 72.5 Å². The van der Waals surface area contributed by atoms with Crippen LogP contribution in [0.4, 0.5) is 0 Å². The third kappa shape index (κ3) is 2.67. The molecule has 0 bridgehead atoms. The fraction of sp³-hybridized carbons (Fsp3) is 0.875. The van der Waals surface area contributed by atoms with E-state index in [9.17, 15) is 4.79 Å². The van der Waals surface area contributed by atoms with Gasteiger partial charge in [0, 0.05) is 19.5 Å². The lowest BCUT2D eigenvalue weighted by Crippen LogP contribution is -2.63. The van der Waals surface area contributed by atoms with Gasteiger partial charge in [-0.2, -0.15) is 0 Å². The summed E-state index contributed by atoms with van der Waals surface area (Å²) in [6.07, 6.45) is 9.06. The topological polar surface area (TPSA) is 29.5 Å².